The lowest BCUT2D eigenvalue weighted by molar-refractivity contribution is -0.128. The van der Waals surface area contributed by atoms with Crippen LogP contribution in [0.4, 0.5) is 0 Å². The second-order valence-corrected chi connectivity index (χ2v) is 10.2. The molecule has 28 heavy (non-hydrogen) atoms. The maximum atomic E-state index is 12.6. The number of piperidine rings is 2. The number of hydrogen-bond acceptors (Lipinski definition) is 3. The Morgan fingerprint density at radius 3 is 2.18 bits per heavy atom. The van der Waals surface area contributed by atoms with Gasteiger partial charge in [-0.1, -0.05) is 24.3 Å². The third-order valence-corrected chi connectivity index (χ3v) is 6.88. The van der Waals surface area contributed by atoms with Gasteiger partial charge in [0.25, 0.3) is 0 Å². The molecule has 1 aromatic carbocycles. The van der Waals surface area contributed by atoms with E-state index >= 15 is 0 Å². The molecule has 4 rings (SSSR count). The molecule has 0 unspecified atom stereocenters. The van der Waals surface area contributed by atoms with Crippen molar-refractivity contribution in [1.82, 2.24) is 15.1 Å². The third-order valence-electron chi connectivity index (χ3n) is 6.88. The van der Waals surface area contributed by atoms with Gasteiger partial charge in [-0.2, -0.15) is 0 Å². The van der Waals surface area contributed by atoms with Gasteiger partial charge in [-0.25, -0.2) is 0 Å². The van der Waals surface area contributed by atoms with Crippen molar-refractivity contribution < 1.29 is 4.79 Å². The number of hydrogen-bond donors (Lipinski definition) is 1. The molecule has 1 aromatic rings. The standard InChI is InChI=1S/C24H37N3O/c1-24(2,3)25-23(28)20-9-6-12-27(17-20)21-10-13-26(14-11-21)22-15-18-7-4-5-8-19(18)16-22/h4-5,7-8,20-22H,6,9-17H2,1-3H3,(H,25,28)/t20-/m0/s1. The predicted molar refractivity (Wildman–Crippen MR) is 114 cm³/mol. The molecule has 4 nitrogen and oxygen atoms in total. The first-order valence-corrected chi connectivity index (χ1v) is 11.3. The fraction of sp³-hybridized carbons (Fsp3) is 0.708. The van der Waals surface area contributed by atoms with Gasteiger partial charge >= 0.3 is 0 Å². The van der Waals surface area contributed by atoms with Gasteiger partial charge in [0.15, 0.2) is 0 Å². The van der Waals surface area contributed by atoms with Crippen LogP contribution in [0.2, 0.25) is 0 Å². The van der Waals surface area contributed by atoms with E-state index in [1.165, 1.54) is 45.3 Å². The number of nitrogens with one attached hydrogen (secondary N) is 1. The summed E-state index contributed by atoms with van der Waals surface area (Å²) in [4.78, 5) is 18.0. The van der Waals surface area contributed by atoms with E-state index in [2.05, 4.69) is 60.2 Å². The number of amides is 1. The summed E-state index contributed by atoms with van der Waals surface area (Å²) in [5.74, 6) is 0.411. The highest BCUT2D eigenvalue weighted by Gasteiger charge is 2.35. The second-order valence-electron chi connectivity index (χ2n) is 10.2. The zero-order valence-corrected chi connectivity index (χ0v) is 17.9. The van der Waals surface area contributed by atoms with Crippen molar-refractivity contribution in [3.63, 3.8) is 0 Å². The quantitative estimate of drug-likeness (QED) is 0.870. The van der Waals surface area contributed by atoms with E-state index in [0.717, 1.165) is 19.4 Å². The average Bonchev–Trinajstić information content (AvgIpc) is 3.11. The summed E-state index contributed by atoms with van der Waals surface area (Å²) in [6.07, 6.45) is 7.14. The van der Waals surface area contributed by atoms with Crippen molar-refractivity contribution in [3.05, 3.63) is 35.4 Å². The lowest BCUT2D eigenvalue weighted by Crippen LogP contribution is -2.53. The smallest absolute Gasteiger partial charge is 0.224 e. The Morgan fingerprint density at radius 2 is 1.57 bits per heavy atom. The lowest BCUT2D eigenvalue weighted by atomic mass is 9.92. The predicted octanol–water partition coefficient (Wildman–Crippen LogP) is 3.24. The molecular formula is C24H37N3O. The van der Waals surface area contributed by atoms with Gasteiger partial charge in [-0.15, -0.1) is 0 Å². The largest absolute Gasteiger partial charge is 0.351 e. The van der Waals surface area contributed by atoms with Crippen LogP contribution < -0.4 is 5.32 Å². The fourth-order valence-corrected chi connectivity index (χ4v) is 5.43. The molecule has 154 valence electrons. The van der Waals surface area contributed by atoms with Gasteiger partial charge in [0.1, 0.15) is 0 Å². The van der Waals surface area contributed by atoms with Gasteiger partial charge < -0.3 is 5.32 Å². The number of fused-ring (bicyclic) bond motifs is 1. The normalized spacial score (nSPS) is 25.6. The van der Waals surface area contributed by atoms with Crippen LogP contribution in [-0.2, 0) is 17.6 Å². The first-order chi connectivity index (χ1) is 13.4. The van der Waals surface area contributed by atoms with Crippen LogP contribution in [-0.4, -0.2) is 59.5 Å². The monoisotopic (exact) mass is 383 g/mol. The molecule has 2 saturated heterocycles. The van der Waals surface area contributed by atoms with E-state index in [9.17, 15) is 4.79 Å². The number of carbonyl (C=O) groups is 1. The minimum Gasteiger partial charge on any atom is -0.351 e. The van der Waals surface area contributed by atoms with E-state index in [4.69, 9.17) is 0 Å². The molecule has 3 aliphatic rings. The molecule has 0 saturated carbocycles. The van der Waals surface area contributed by atoms with Crippen LogP contribution in [0, 0.1) is 5.92 Å². The molecule has 0 spiro atoms. The van der Waals surface area contributed by atoms with E-state index < -0.39 is 0 Å². The molecular weight excluding hydrogens is 346 g/mol. The molecule has 1 atom stereocenters. The number of likely N-dealkylation sites (tertiary alicyclic amines) is 2. The maximum absolute atomic E-state index is 12.6. The topological polar surface area (TPSA) is 35.6 Å². The number of rotatable bonds is 3. The maximum Gasteiger partial charge on any atom is 0.224 e. The first-order valence-electron chi connectivity index (χ1n) is 11.3. The minimum atomic E-state index is -0.135. The summed E-state index contributed by atoms with van der Waals surface area (Å²) in [7, 11) is 0. The van der Waals surface area contributed by atoms with Crippen molar-refractivity contribution >= 4 is 5.91 Å². The molecule has 1 amide bonds. The van der Waals surface area contributed by atoms with Gasteiger partial charge in [0, 0.05) is 24.2 Å². The first kappa shape index (κ1) is 19.9. The van der Waals surface area contributed by atoms with Gasteiger partial charge in [-0.05, 0) is 90.1 Å². The van der Waals surface area contributed by atoms with Crippen molar-refractivity contribution in [2.45, 2.75) is 76.9 Å². The summed E-state index contributed by atoms with van der Waals surface area (Å²) < 4.78 is 0. The van der Waals surface area contributed by atoms with E-state index in [1.54, 1.807) is 11.1 Å². The summed E-state index contributed by atoms with van der Waals surface area (Å²) in [5, 5.41) is 3.19. The number of benzene rings is 1. The Morgan fingerprint density at radius 1 is 0.929 bits per heavy atom. The van der Waals surface area contributed by atoms with Gasteiger partial charge in [0.05, 0.1) is 5.92 Å². The summed E-state index contributed by atoms with van der Waals surface area (Å²) in [5.41, 5.74) is 2.97. The minimum absolute atomic E-state index is 0.135. The molecule has 0 aromatic heterocycles. The molecule has 2 aliphatic heterocycles. The van der Waals surface area contributed by atoms with Gasteiger partial charge in [-0.3, -0.25) is 14.6 Å². The van der Waals surface area contributed by atoms with Crippen LogP contribution >= 0.6 is 0 Å². The summed E-state index contributed by atoms with van der Waals surface area (Å²) in [6.45, 7) is 10.7. The third kappa shape index (κ3) is 4.60. The summed E-state index contributed by atoms with van der Waals surface area (Å²) in [6, 6.07) is 10.3. The van der Waals surface area contributed by atoms with Crippen molar-refractivity contribution in [3.8, 4) is 0 Å². The highest BCUT2D eigenvalue weighted by atomic mass is 16.2. The molecule has 1 aliphatic carbocycles. The van der Waals surface area contributed by atoms with Crippen LogP contribution in [0.15, 0.2) is 24.3 Å². The van der Waals surface area contributed by atoms with Gasteiger partial charge in [0.2, 0.25) is 5.91 Å². The van der Waals surface area contributed by atoms with Crippen LogP contribution in [0.1, 0.15) is 57.6 Å². The highest BCUT2D eigenvalue weighted by molar-refractivity contribution is 5.79. The molecule has 2 fully saturated rings. The Bertz CT molecular complexity index is 662. The average molecular weight is 384 g/mol. The molecule has 4 heteroatoms. The molecule has 0 radical (unpaired) electrons. The Labute approximate surface area is 170 Å². The van der Waals surface area contributed by atoms with Crippen LogP contribution in [0.5, 0.6) is 0 Å². The fourth-order valence-electron chi connectivity index (χ4n) is 5.43. The zero-order chi connectivity index (χ0) is 19.7. The van der Waals surface area contributed by atoms with Crippen LogP contribution in [0.3, 0.4) is 0 Å². The van der Waals surface area contributed by atoms with Crippen molar-refractivity contribution in [1.29, 1.82) is 0 Å². The SMILES string of the molecule is CC(C)(C)NC(=O)[C@H]1CCCN(C2CCN(C3Cc4ccccc4C3)CC2)C1. The van der Waals surface area contributed by atoms with Crippen molar-refractivity contribution in [2.75, 3.05) is 26.2 Å². The van der Waals surface area contributed by atoms with E-state index in [0.29, 0.717) is 12.1 Å². The molecule has 0 bridgehead atoms. The molecule has 2 heterocycles. The zero-order valence-electron chi connectivity index (χ0n) is 17.9. The lowest BCUT2D eigenvalue weighted by Gasteiger charge is -2.43. The van der Waals surface area contributed by atoms with E-state index in [1.807, 2.05) is 0 Å². The Balaban J connectivity index is 1.27. The number of carbonyl (C=O) groups excluding carboxylic acids is 1. The second kappa shape index (κ2) is 8.16. The number of nitrogens with zero attached hydrogens (tertiary/aromatic N) is 2. The Hall–Kier alpha value is -1.39. The van der Waals surface area contributed by atoms with Crippen LogP contribution in [0.25, 0.3) is 0 Å². The highest BCUT2D eigenvalue weighted by Crippen LogP contribution is 2.29. The molecule has 1 N–H and O–H groups in total. The Kier molecular flexibility index (Phi) is 5.80. The van der Waals surface area contributed by atoms with Crippen molar-refractivity contribution in [2.24, 2.45) is 5.92 Å². The summed E-state index contributed by atoms with van der Waals surface area (Å²) >= 11 is 0. The van der Waals surface area contributed by atoms with E-state index in [-0.39, 0.29) is 17.4 Å².